The average molecular weight is 350 g/mol. The fraction of sp³-hybridized carbons (Fsp3) is 0.158. The molecular formula is C19H14N2O5. The van der Waals surface area contributed by atoms with Crippen molar-refractivity contribution >= 4 is 29.3 Å². The molecule has 0 saturated carbocycles. The number of benzene rings is 2. The normalized spacial score (nSPS) is 16.9. The Kier molecular flexibility index (Phi) is 3.24. The second kappa shape index (κ2) is 5.26. The molecule has 0 radical (unpaired) electrons. The molecule has 0 atom stereocenters. The fourth-order valence-electron chi connectivity index (χ4n) is 3.13. The zero-order valence-electron chi connectivity index (χ0n) is 14.1. The van der Waals surface area contributed by atoms with Gasteiger partial charge in [-0.3, -0.25) is 19.7 Å². The molecule has 2 aromatic carbocycles. The average Bonchev–Trinajstić information content (AvgIpc) is 2.84. The Balaban J connectivity index is 1.89. The molecule has 0 unspecified atom stereocenters. The Labute approximate surface area is 148 Å². The first-order valence-electron chi connectivity index (χ1n) is 7.97. The van der Waals surface area contributed by atoms with Gasteiger partial charge in [-0.2, -0.15) is 0 Å². The van der Waals surface area contributed by atoms with E-state index in [1.807, 2.05) is 19.9 Å². The van der Waals surface area contributed by atoms with Crippen LogP contribution in [0.5, 0.6) is 5.75 Å². The lowest BCUT2D eigenvalue weighted by Crippen LogP contribution is -2.31. The Morgan fingerprint density at radius 3 is 2.27 bits per heavy atom. The summed E-state index contributed by atoms with van der Waals surface area (Å²) < 4.78 is 5.76. The number of carbonyl (C=O) groups is 2. The van der Waals surface area contributed by atoms with Gasteiger partial charge in [-0.25, -0.2) is 4.90 Å². The van der Waals surface area contributed by atoms with E-state index in [1.54, 1.807) is 18.2 Å². The summed E-state index contributed by atoms with van der Waals surface area (Å²) in [6.07, 6.45) is 3.58. The van der Waals surface area contributed by atoms with Crippen LogP contribution in [0, 0.1) is 10.1 Å². The van der Waals surface area contributed by atoms with E-state index in [4.69, 9.17) is 4.74 Å². The highest BCUT2D eigenvalue weighted by molar-refractivity contribution is 6.35. The van der Waals surface area contributed by atoms with Crippen molar-refractivity contribution in [1.82, 2.24) is 0 Å². The van der Waals surface area contributed by atoms with Crippen molar-refractivity contribution in [2.45, 2.75) is 19.4 Å². The summed E-state index contributed by atoms with van der Waals surface area (Å²) >= 11 is 0. The van der Waals surface area contributed by atoms with E-state index in [0.717, 1.165) is 4.90 Å². The minimum atomic E-state index is -0.617. The van der Waals surface area contributed by atoms with Gasteiger partial charge < -0.3 is 4.74 Å². The molecule has 7 nitrogen and oxygen atoms in total. The zero-order chi connectivity index (χ0) is 18.6. The molecule has 2 aromatic rings. The standard InChI is InChI=1S/C19H14N2O5/c1-19(2)8-7-11-9-14(15(21(24)25)10-16(11)26-19)20-17(22)12-5-3-4-6-13(12)18(20)23/h3-10H,1-2H3. The third kappa shape index (κ3) is 2.28. The summed E-state index contributed by atoms with van der Waals surface area (Å²) in [5.74, 6) is -0.811. The van der Waals surface area contributed by atoms with E-state index in [-0.39, 0.29) is 22.5 Å². The van der Waals surface area contributed by atoms with E-state index >= 15 is 0 Å². The molecule has 0 aromatic heterocycles. The lowest BCUT2D eigenvalue weighted by Gasteiger charge is -2.28. The number of nitro groups is 1. The molecule has 2 aliphatic heterocycles. The number of amides is 2. The van der Waals surface area contributed by atoms with Crippen LogP contribution in [0.25, 0.3) is 6.08 Å². The van der Waals surface area contributed by atoms with Crippen molar-refractivity contribution in [2.24, 2.45) is 0 Å². The predicted octanol–water partition coefficient (Wildman–Crippen LogP) is 3.58. The van der Waals surface area contributed by atoms with Crippen LogP contribution in [0.3, 0.4) is 0 Å². The summed E-state index contributed by atoms with van der Waals surface area (Å²) in [4.78, 5) is 37.2. The maximum atomic E-state index is 12.7. The molecule has 0 N–H and O–H groups in total. The van der Waals surface area contributed by atoms with Crippen LogP contribution in [-0.4, -0.2) is 22.3 Å². The van der Waals surface area contributed by atoms with Crippen molar-refractivity contribution < 1.29 is 19.2 Å². The van der Waals surface area contributed by atoms with Crippen molar-refractivity contribution in [3.63, 3.8) is 0 Å². The van der Waals surface area contributed by atoms with E-state index < -0.39 is 22.3 Å². The quantitative estimate of drug-likeness (QED) is 0.469. The second-order valence-corrected chi connectivity index (χ2v) is 6.67. The molecule has 4 rings (SSSR count). The Bertz CT molecular complexity index is 988. The lowest BCUT2D eigenvalue weighted by atomic mass is 10.0. The topological polar surface area (TPSA) is 89.8 Å². The number of ether oxygens (including phenoxy) is 1. The maximum absolute atomic E-state index is 12.7. The number of hydrogen-bond acceptors (Lipinski definition) is 5. The monoisotopic (exact) mass is 350 g/mol. The van der Waals surface area contributed by atoms with Crippen LogP contribution in [0.4, 0.5) is 11.4 Å². The van der Waals surface area contributed by atoms with E-state index in [2.05, 4.69) is 0 Å². The molecule has 0 fully saturated rings. The van der Waals surface area contributed by atoms with Gasteiger partial charge in [0.1, 0.15) is 17.0 Å². The number of rotatable bonds is 2. The predicted molar refractivity (Wildman–Crippen MR) is 94.4 cm³/mol. The van der Waals surface area contributed by atoms with Crippen LogP contribution >= 0.6 is 0 Å². The van der Waals surface area contributed by atoms with Crippen LogP contribution in [0.2, 0.25) is 0 Å². The number of anilines is 1. The van der Waals surface area contributed by atoms with Crippen LogP contribution in [-0.2, 0) is 0 Å². The molecular weight excluding hydrogens is 336 g/mol. The van der Waals surface area contributed by atoms with E-state index in [1.165, 1.54) is 24.3 Å². The molecule has 2 amide bonds. The van der Waals surface area contributed by atoms with Gasteiger partial charge in [0.05, 0.1) is 22.1 Å². The van der Waals surface area contributed by atoms with Gasteiger partial charge in [0, 0.05) is 5.56 Å². The molecule has 130 valence electrons. The van der Waals surface area contributed by atoms with Crippen molar-refractivity contribution in [2.75, 3.05) is 4.90 Å². The highest BCUT2D eigenvalue weighted by atomic mass is 16.6. The maximum Gasteiger partial charge on any atom is 0.297 e. The number of hydrogen-bond donors (Lipinski definition) is 0. The number of nitro benzene ring substituents is 1. The largest absolute Gasteiger partial charge is 0.483 e. The first-order chi connectivity index (χ1) is 12.3. The highest BCUT2D eigenvalue weighted by Crippen LogP contribution is 2.42. The van der Waals surface area contributed by atoms with Gasteiger partial charge in [-0.05, 0) is 38.1 Å². The first-order valence-corrected chi connectivity index (χ1v) is 7.97. The summed E-state index contributed by atoms with van der Waals surface area (Å²) in [6, 6.07) is 9.07. The summed E-state index contributed by atoms with van der Waals surface area (Å²) in [7, 11) is 0. The molecule has 0 spiro atoms. The third-order valence-corrected chi connectivity index (χ3v) is 4.38. The molecule has 0 saturated heterocycles. The molecule has 0 bridgehead atoms. The third-order valence-electron chi connectivity index (χ3n) is 4.38. The van der Waals surface area contributed by atoms with Gasteiger partial charge in [0.25, 0.3) is 17.5 Å². The molecule has 0 aliphatic carbocycles. The van der Waals surface area contributed by atoms with Gasteiger partial charge in [0.15, 0.2) is 0 Å². The Morgan fingerprint density at radius 1 is 1.08 bits per heavy atom. The first kappa shape index (κ1) is 16.0. The minimum absolute atomic E-state index is 0.0621. The number of nitrogens with zero attached hydrogens (tertiary/aromatic N) is 2. The highest BCUT2D eigenvalue weighted by Gasteiger charge is 2.40. The number of carbonyl (C=O) groups excluding carboxylic acids is 2. The van der Waals surface area contributed by atoms with E-state index in [9.17, 15) is 19.7 Å². The summed E-state index contributed by atoms with van der Waals surface area (Å²) in [6.45, 7) is 3.66. The van der Waals surface area contributed by atoms with Crippen molar-refractivity contribution in [3.05, 3.63) is 69.3 Å². The SMILES string of the molecule is CC1(C)C=Cc2cc(N3C(=O)c4ccccc4C3=O)c([N+](=O)[O-])cc2O1. The Hall–Kier alpha value is -3.48. The van der Waals surface area contributed by atoms with Gasteiger partial charge in [0.2, 0.25) is 0 Å². The summed E-state index contributed by atoms with van der Waals surface area (Å²) in [5.41, 5.74) is 0.0198. The van der Waals surface area contributed by atoms with Gasteiger partial charge in [-0.1, -0.05) is 18.2 Å². The fourth-order valence-corrected chi connectivity index (χ4v) is 3.13. The van der Waals surface area contributed by atoms with Gasteiger partial charge >= 0.3 is 0 Å². The molecule has 7 heteroatoms. The molecule has 2 aliphatic rings. The second-order valence-electron chi connectivity index (χ2n) is 6.67. The molecule has 2 heterocycles. The number of fused-ring (bicyclic) bond motifs is 2. The molecule has 26 heavy (non-hydrogen) atoms. The van der Waals surface area contributed by atoms with Crippen LogP contribution < -0.4 is 9.64 Å². The lowest BCUT2D eigenvalue weighted by molar-refractivity contribution is -0.384. The van der Waals surface area contributed by atoms with Crippen LogP contribution in [0.15, 0.2) is 42.5 Å². The zero-order valence-corrected chi connectivity index (χ0v) is 14.1. The van der Waals surface area contributed by atoms with Crippen LogP contribution in [0.1, 0.15) is 40.1 Å². The van der Waals surface area contributed by atoms with Crippen molar-refractivity contribution in [3.8, 4) is 5.75 Å². The van der Waals surface area contributed by atoms with E-state index in [0.29, 0.717) is 11.3 Å². The summed E-state index contributed by atoms with van der Waals surface area (Å²) in [5, 5.41) is 11.6. The smallest absolute Gasteiger partial charge is 0.297 e. The van der Waals surface area contributed by atoms with Crippen molar-refractivity contribution in [1.29, 1.82) is 0 Å². The Morgan fingerprint density at radius 2 is 1.69 bits per heavy atom. The minimum Gasteiger partial charge on any atom is -0.483 e. The van der Waals surface area contributed by atoms with Gasteiger partial charge in [-0.15, -0.1) is 0 Å². The number of imide groups is 1.